The fraction of sp³-hybridized carbons (Fsp3) is 0.294. The molecular weight excluding hydrogens is 339 g/mol. The molecule has 0 spiro atoms. The van der Waals surface area contributed by atoms with Crippen LogP contribution in [0, 0.1) is 0 Å². The van der Waals surface area contributed by atoms with Crippen LogP contribution in [0.4, 0.5) is 13.2 Å². The number of amides is 1. The maximum absolute atomic E-state index is 12.8. The highest BCUT2D eigenvalue weighted by atomic mass is 19.4. The number of carbonyl (C=O) groups is 2. The Morgan fingerprint density at radius 2 is 1.92 bits per heavy atom. The van der Waals surface area contributed by atoms with Gasteiger partial charge in [-0.15, -0.1) is 0 Å². The first-order chi connectivity index (χ1) is 11.7. The number of halogens is 3. The van der Waals surface area contributed by atoms with Gasteiger partial charge in [0.25, 0.3) is 5.91 Å². The van der Waals surface area contributed by atoms with Crippen molar-refractivity contribution in [2.45, 2.75) is 12.6 Å². The first-order valence-electron chi connectivity index (χ1n) is 7.32. The van der Waals surface area contributed by atoms with Crippen LogP contribution in [0.2, 0.25) is 0 Å². The molecule has 25 heavy (non-hydrogen) atoms. The van der Waals surface area contributed by atoms with Crippen molar-refractivity contribution in [3.8, 4) is 11.3 Å². The predicted octanol–water partition coefficient (Wildman–Crippen LogP) is 3.60. The summed E-state index contributed by atoms with van der Waals surface area (Å²) in [7, 11) is 2.73. The minimum absolute atomic E-state index is 0.0277. The Bertz CT molecular complexity index is 767. The van der Waals surface area contributed by atoms with Crippen molar-refractivity contribution in [1.29, 1.82) is 0 Å². The van der Waals surface area contributed by atoms with Crippen LogP contribution in [0.25, 0.3) is 11.3 Å². The molecule has 0 aliphatic carbocycles. The summed E-state index contributed by atoms with van der Waals surface area (Å²) in [5.74, 6) is -0.818. The minimum Gasteiger partial charge on any atom is -0.469 e. The van der Waals surface area contributed by atoms with E-state index in [9.17, 15) is 22.8 Å². The van der Waals surface area contributed by atoms with Crippen molar-refractivity contribution in [2.24, 2.45) is 0 Å². The lowest BCUT2D eigenvalue weighted by Gasteiger charge is -2.14. The SMILES string of the molecule is COC(=O)CCN(C)C(=O)c1ccc(-c2cccc(C(F)(F)F)c2)o1. The maximum atomic E-state index is 12.8. The van der Waals surface area contributed by atoms with E-state index in [4.69, 9.17) is 4.42 Å². The first-order valence-corrected chi connectivity index (χ1v) is 7.32. The number of alkyl halides is 3. The van der Waals surface area contributed by atoms with Crippen LogP contribution in [-0.2, 0) is 15.7 Å². The fourth-order valence-corrected chi connectivity index (χ4v) is 2.11. The topological polar surface area (TPSA) is 59.8 Å². The van der Waals surface area contributed by atoms with Gasteiger partial charge in [-0.05, 0) is 24.3 Å². The zero-order valence-corrected chi connectivity index (χ0v) is 13.6. The number of ether oxygens (including phenoxy) is 1. The molecule has 1 aromatic carbocycles. The van der Waals surface area contributed by atoms with E-state index >= 15 is 0 Å². The van der Waals surface area contributed by atoms with Gasteiger partial charge in [0.2, 0.25) is 0 Å². The molecule has 0 radical (unpaired) electrons. The second kappa shape index (κ2) is 7.42. The zero-order valence-electron chi connectivity index (χ0n) is 13.6. The van der Waals surface area contributed by atoms with Crippen LogP contribution in [-0.4, -0.2) is 37.5 Å². The van der Waals surface area contributed by atoms with Crippen LogP contribution < -0.4 is 0 Å². The summed E-state index contributed by atoms with van der Waals surface area (Å²) in [6.07, 6.45) is -4.44. The zero-order chi connectivity index (χ0) is 18.6. The quantitative estimate of drug-likeness (QED) is 0.769. The third kappa shape index (κ3) is 4.62. The molecule has 0 unspecified atom stereocenters. The van der Waals surface area contributed by atoms with Gasteiger partial charge in [0.15, 0.2) is 5.76 Å². The van der Waals surface area contributed by atoms with E-state index in [1.165, 1.54) is 43.3 Å². The summed E-state index contributed by atoms with van der Waals surface area (Å²) in [6.45, 7) is 0.130. The maximum Gasteiger partial charge on any atom is 0.416 e. The Morgan fingerprint density at radius 1 is 1.20 bits per heavy atom. The lowest BCUT2D eigenvalue weighted by atomic mass is 10.1. The molecule has 0 fully saturated rings. The smallest absolute Gasteiger partial charge is 0.416 e. The lowest BCUT2D eigenvalue weighted by molar-refractivity contribution is -0.141. The average molecular weight is 355 g/mol. The molecule has 2 aromatic rings. The molecule has 0 saturated carbocycles. The molecule has 134 valence electrons. The number of furan rings is 1. The monoisotopic (exact) mass is 355 g/mol. The van der Waals surface area contributed by atoms with Gasteiger partial charge in [0.05, 0.1) is 19.1 Å². The van der Waals surface area contributed by atoms with Crippen LogP contribution >= 0.6 is 0 Å². The summed E-state index contributed by atoms with van der Waals surface area (Å²) in [6, 6.07) is 7.45. The summed E-state index contributed by atoms with van der Waals surface area (Å²) < 4.78 is 48.2. The molecule has 1 amide bonds. The third-order valence-electron chi connectivity index (χ3n) is 3.52. The standard InChI is InChI=1S/C17H16F3NO4/c1-21(9-8-15(22)24-2)16(23)14-7-6-13(25-14)11-4-3-5-12(10-11)17(18,19)20/h3-7,10H,8-9H2,1-2H3. The number of methoxy groups -OCH3 is 1. The molecule has 0 bridgehead atoms. The highest BCUT2D eigenvalue weighted by Gasteiger charge is 2.30. The number of hydrogen-bond donors (Lipinski definition) is 0. The summed E-state index contributed by atoms with van der Waals surface area (Å²) >= 11 is 0. The molecule has 5 nitrogen and oxygen atoms in total. The molecule has 0 aliphatic heterocycles. The fourth-order valence-electron chi connectivity index (χ4n) is 2.11. The minimum atomic E-state index is -4.46. The number of esters is 1. The number of rotatable bonds is 5. The van der Waals surface area contributed by atoms with E-state index < -0.39 is 23.6 Å². The van der Waals surface area contributed by atoms with Gasteiger partial charge in [-0.25, -0.2) is 0 Å². The van der Waals surface area contributed by atoms with Crippen molar-refractivity contribution in [2.75, 3.05) is 20.7 Å². The van der Waals surface area contributed by atoms with Crippen molar-refractivity contribution in [3.63, 3.8) is 0 Å². The van der Waals surface area contributed by atoms with Crippen molar-refractivity contribution in [3.05, 3.63) is 47.7 Å². The second-order valence-corrected chi connectivity index (χ2v) is 5.30. The molecule has 2 rings (SSSR count). The predicted molar refractivity (Wildman–Crippen MR) is 82.7 cm³/mol. The summed E-state index contributed by atoms with van der Waals surface area (Å²) in [5.41, 5.74) is -0.587. The van der Waals surface area contributed by atoms with Gasteiger partial charge in [-0.1, -0.05) is 12.1 Å². The molecule has 8 heteroatoms. The molecule has 0 N–H and O–H groups in total. The van der Waals surface area contributed by atoms with Gasteiger partial charge < -0.3 is 14.1 Å². The highest BCUT2D eigenvalue weighted by molar-refractivity contribution is 5.92. The molecule has 1 aromatic heterocycles. The summed E-state index contributed by atoms with van der Waals surface area (Å²) in [5, 5.41) is 0. The Labute approximate surface area is 142 Å². The average Bonchev–Trinajstić information content (AvgIpc) is 3.08. The third-order valence-corrected chi connectivity index (χ3v) is 3.52. The van der Waals surface area contributed by atoms with Crippen LogP contribution in [0.15, 0.2) is 40.8 Å². The van der Waals surface area contributed by atoms with E-state index in [0.29, 0.717) is 0 Å². The van der Waals surface area contributed by atoms with Crippen molar-refractivity contribution < 1.29 is 31.9 Å². The molecule has 0 aliphatic rings. The van der Waals surface area contributed by atoms with E-state index in [-0.39, 0.29) is 30.0 Å². The van der Waals surface area contributed by atoms with Gasteiger partial charge in [0.1, 0.15) is 5.76 Å². The van der Waals surface area contributed by atoms with E-state index in [0.717, 1.165) is 12.1 Å². The lowest BCUT2D eigenvalue weighted by Crippen LogP contribution is -2.28. The second-order valence-electron chi connectivity index (χ2n) is 5.30. The highest BCUT2D eigenvalue weighted by Crippen LogP contribution is 2.32. The van der Waals surface area contributed by atoms with Crippen molar-refractivity contribution >= 4 is 11.9 Å². The Hall–Kier alpha value is -2.77. The number of nitrogens with zero attached hydrogens (tertiary/aromatic N) is 1. The Balaban J connectivity index is 2.14. The summed E-state index contributed by atoms with van der Waals surface area (Å²) in [4.78, 5) is 24.6. The molecule has 1 heterocycles. The van der Waals surface area contributed by atoms with Gasteiger partial charge in [-0.2, -0.15) is 13.2 Å². The Kier molecular flexibility index (Phi) is 5.51. The van der Waals surface area contributed by atoms with E-state index in [1.54, 1.807) is 0 Å². The number of hydrogen-bond acceptors (Lipinski definition) is 4. The van der Waals surface area contributed by atoms with Crippen LogP contribution in [0.3, 0.4) is 0 Å². The van der Waals surface area contributed by atoms with E-state index in [2.05, 4.69) is 4.74 Å². The first kappa shape index (κ1) is 18.6. The van der Waals surface area contributed by atoms with Crippen LogP contribution in [0.5, 0.6) is 0 Å². The largest absolute Gasteiger partial charge is 0.469 e. The normalized spacial score (nSPS) is 11.2. The van der Waals surface area contributed by atoms with Crippen molar-refractivity contribution in [1.82, 2.24) is 4.90 Å². The molecule has 0 atom stereocenters. The number of benzene rings is 1. The van der Waals surface area contributed by atoms with Crippen LogP contribution in [0.1, 0.15) is 22.5 Å². The van der Waals surface area contributed by atoms with Gasteiger partial charge in [-0.3, -0.25) is 9.59 Å². The molecular formula is C17H16F3NO4. The van der Waals surface area contributed by atoms with E-state index in [1.807, 2.05) is 0 Å². The van der Waals surface area contributed by atoms with Gasteiger partial charge in [0, 0.05) is 19.2 Å². The number of carbonyl (C=O) groups excluding carboxylic acids is 2. The Morgan fingerprint density at radius 3 is 2.56 bits per heavy atom. The van der Waals surface area contributed by atoms with Gasteiger partial charge >= 0.3 is 12.1 Å². The molecule has 0 saturated heterocycles.